The normalized spacial score (nSPS) is 14.3. The van der Waals surface area contributed by atoms with Crippen molar-refractivity contribution in [3.05, 3.63) is 41.3 Å². The van der Waals surface area contributed by atoms with E-state index in [1.807, 2.05) is 18.2 Å². The van der Waals surface area contributed by atoms with Crippen molar-refractivity contribution in [1.29, 1.82) is 0 Å². The Morgan fingerprint density at radius 3 is 3.05 bits per heavy atom. The molecular formula is C14H15N3O2. The highest BCUT2D eigenvalue weighted by molar-refractivity contribution is 6.07. The van der Waals surface area contributed by atoms with Gasteiger partial charge in [-0.2, -0.15) is 0 Å². The van der Waals surface area contributed by atoms with E-state index in [-0.39, 0.29) is 5.91 Å². The summed E-state index contributed by atoms with van der Waals surface area (Å²) in [6.45, 7) is 2.43. The molecule has 1 aliphatic heterocycles. The smallest absolute Gasteiger partial charge is 0.263 e. The van der Waals surface area contributed by atoms with Crippen molar-refractivity contribution >= 4 is 17.3 Å². The summed E-state index contributed by atoms with van der Waals surface area (Å²) in [6.07, 6.45) is 3.30. The SMILES string of the molecule is Cc1oncc1C(=O)N1CCCc2c(N)cccc21. The van der Waals surface area contributed by atoms with E-state index in [4.69, 9.17) is 10.3 Å². The number of aromatic nitrogens is 1. The first-order valence-corrected chi connectivity index (χ1v) is 6.29. The number of fused-ring (bicyclic) bond motifs is 1. The molecule has 19 heavy (non-hydrogen) atoms. The number of amides is 1. The van der Waals surface area contributed by atoms with Gasteiger partial charge in [0, 0.05) is 17.9 Å². The van der Waals surface area contributed by atoms with Crippen LogP contribution in [-0.4, -0.2) is 17.6 Å². The van der Waals surface area contributed by atoms with E-state index in [9.17, 15) is 4.79 Å². The molecule has 0 saturated carbocycles. The maximum Gasteiger partial charge on any atom is 0.263 e. The van der Waals surface area contributed by atoms with Crippen LogP contribution in [0.4, 0.5) is 11.4 Å². The van der Waals surface area contributed by atoms with Gasteiger partial charge in [0.2, 0.25) is 0 Å². The molecule has 5 nitrogen and oxygen atoms in total. The van der Waals surface area contributed by atoms with Gasteiger partial charge in [0.25, 0.3) is 5.91 Å². The number of hydrogen-bond donors (Lipinski definition) is 1. The molecule has 0 fully saturated rings. The molecule has 1 amide bonds. The zero-order chi connectivity index (χ0) is 13.4. The number of aryl methyl sites for hydroxylation is 1. The third kappa shape index (κ3) is 1.87. The molecular weight excluding hydrogens is 242 g/mol. The number of hydrogen-bond acceptors (Lipinski definition) is 4. The summed E-state index contributed by atoms with van der Waals surface area (Å²) in [4.78, 5) is 14.3. The minimum absolute atomic E-state index is 0.0784. The highest BCUT2D eigenvalue weighted by Crippen LogP contribution is 2.32. The van der Waals surface area contributed by atoms with Gasteiger partial charge in [-0.3, -0.25) is 4.79 Å². The summed E-state index contributed by atoms with van der Waals surface area (Å²) in [5.41, 5.74) is 9.19. The van der Waals surface area contributed by atoms with Crippen LogP contribution < -0.4 is 10.6 Å². The number of carbonyl (C=O) groups is 1. The van der Waals surface area contributed by atoms with Crippen molar-refractivity contribution in [3.63, 3.8) is 0 Å². The molecule has 5 heteroatoms. The fourth-order valence-electron chi connectivity index (χ4n) is 2.51. The van der Waals surface area contributed by atoms with Crippen molar-refractivity contribution in [2.75, 3.05) is 17.2 Å². The first kappa shape index (κ1) is 11.8. The Labute approximate surface area is 111 Å². The summed E-state index contributed by atoms with van der Waals surface area (Å²) in [5.74, 6) is 0.464. The van der Waals surface area contributed by atoms with E-state index in [1.165, 1.54) is 6.20 Å². The number of nitrogens with zero attached hydrogens (tertiary/aromatic N) is 2. The predicted molar refractivity (Wildman–Crippen MR) is 72.1 cm³/mol. The second-order valence-corrected chi connectivity index (χ2v) is 4.70. The summed E-state index contributed by atoms with van der Waals surface area (Å²) in [6, 6.07) is 5.68. The van der Waals surface area contributed by atoms with Crippen LogP contribution in [-0.2, 0) is 6.42 Å². The number of anilines is 2. The van der Waals surface area contributed by atoms with Gasteiger partial charge in [0.05, 0.1) is 6.20 Å². The van der Waals surface area contributed by atoms with Gasteiger partial charge in [-0.25, -0.2) is 0 Å². The molecule has 2 N–H and O–H groups in total. The molecule has 0 unspecified atom stereocenters. The Balaban J connectivity index is 2.03. The first-order valence-electron chi connectivity index (χ1n) is 6.29. The lowest BCUT2D eigenvalue weighted by molar-refractivity contribution is 0.0983. The minimum atomic E-state index is -0.0784. The third-order valence-corrected chi connectivity index (χ3v) is 3.51. The highest BCUT2D eigenvalue weighted by Gasteiger charge is 2.26. The largest absolute Gasteiger partial charge is 0.398 e. The Hall–Kier alpha value is -2.30. The molecule has 0 spiro atoms. The van der Waals surface area contributed by atoms with Crippen molar-refractivity contribution in [2.24, 2.45) is 0 Å². The van der Waals surface area contributed by atoms with Crippen LogP contribution in [0.3, 0.4) is 0 Å². The molecule has 0 atom stereocenters. The Bertz CT molecular complexity index is 633. The van der Waals surface area contributed by atoms with Crippen molar-refractivity contribution in [1.82, 2.24) is 5.16 Å². The number of nitrogen functional groups attached to an aromatic ring is 1. The molecule has 0 saturated heterocycles. The van der Waals surface area contributed by atoms with Crippen LogP contribution in [0.5, 0.6) is 0 Å². The van der Waals surface area contributed by atoms with E-state index in [0.29, 0.717) is 17.9 Å². The zero-order valence-electron chi connectivity index (χ0n) is 10.7. The molecule has 0 bridgehead atoms. The van der Waals surface area contributed by atoms with E-state index in [1.54, 1.807) is 11.8 Å². The van der Waals surface area contributed by atoms with Crippen LogP contribution in [0.1, 0.15) is 28.1 Å². The number of benzene rings is 1. The van der Waals surface area contributed by atoms with Gasteiger partial charge >= 0.3 is 0 Å². The first-order chi connectivity index (χ1) is 9.18. The maximum atomic E-state index is 12.5. The molecule has 1 aromatic heterocycles. The van der Waals surface area contributed by atoms with Crippen LogP contribution in [0.15, 0.2) is 28.9 Å². The minimum Gasteiger partial charge on any atom is -0.398 e. The van der Waals surface area contributed by atoms with Gasteiger partial charge in [0.1, 0.15) is 11.3 Å². The number of nitrogens with two attached hydrogens (primary N) is 1. The van der Waals surface area contributed by atoms with E-state index < -0.39 is 0 Å². The van der Waals surface area contributed by atoms with Gasteiger partial charge in [-0.15, -0.1) is 0 Å². The van der Waals surface area contributed by atoms with Crippen LogP contribution >= 0.6 is 0 Å². The van der Waals surface area contributed by atoms with Gasteiger partial charge in [-0.1, -0.05) is 11.2 Å². The number of rotatable bonds is 1. The lowest BCUT2D eigenvalue weighted by Gasteiger charge is -2.30. The summed E-state index contributed by atoms with van der Waals surface area (Å²) >= 11 is 0. The Morgan fingerprint density at radius 2 is 2.32 bits per heavy atom. The second-order valence-electron chi connectivity index (χ2n) is 4.70. The summed E-state index contributed by atoms with van der Waals surface area (Å²) in [5, 5.41) is 3.66. The van der Waals surface area contributed by atoms with Crippen molar-refractivity contribution in [2.45, 2.75) is 19.8 Å². The quantitative estimate of drug-likeness (QED) is 0.794. The monoisotopic (exact) mass is 257 g/mol. The maximum absolute atomic E-state index is 12.5. The van der Waals surface area contributed by atoms with Gasteiger partial charge < -0.3 is 15.2 Å². The summed E-state index contributed by atoms with van der Waals surface area (Å²) < 4.78 is 4.97. The Kier molecular flexibility index (Phi) is 2.74. The predicted octanol–water partition coefficient (Wildman–Crippen LogP) is 2.16. The molecule has 2 heterocycles. The van der Waals surface area contributed by atoms with Crippen LogP contribution in [0, 0.1) is 6.92 Å². The molecule has 1 aliphatic rings. The molecule has 98 valence electrons. The summed E-state index contributed by atoms with van der Waals surface area (Å²) in [7, 11) is 0. The lowest BCUT2D eigenvalue weighted by atomic mass is 9.99. The molecule has 3 rings (SSSR count). The topological polar surface area (TPSA) is 72.4 Å². The zero-order valence-corrected chi connectivity index (χ0v) is 10.7. The molecule has 2 aromatic rings. The van der Waals surface area contributed by atoms with Crippen molar-refractivity contribution in [3.8, 4) is 0 Å². The van der Waals surface area contributed by atoms with Crippen LogP contribution in [0.2, 0.25) is 0 Å². The molecule has 0 aliphatic carbocycles. The van der Waals surface area contributed by atoms with E-state index in [2.05, 4.69) is 5.16 Å². The third-order valence-electron chi connectivity index (χ3n) is 3.51. The standard InChI is InChI=1S/C14H15N3O2/c1-9-11(8-16-19-9)14(18)17-7-3-4-10-12(15)5-2-6-13(10)17/h2,5-6,8H,3-4,7,15H2,1H3. The fraction of sp³-hybridized carbons (Fsp3) is 0.286. The molecule has 1 aromatic carbocycles. The average Bonchev–Trinajstić information content (AvgIpc) is 2.84. The lowest BCUT2D eigenvalue weighted by Crippen LogP contribution is -2.35. The fourth-order valence-corrected chi connectivity index (χ4v) is 2.51. The van der Waals surface area contributed by atoms with Gasteiger partial charge in [-0.05, 0) is 37.5 Å². The number of carbonyl (C=O) groups excluding carboxylic acids is 1. The van der Waals surface area contributed by atoms with Gasteiger partial charge in [0.15, 0.2) is 0 Å². The van der Waals surface area contributed by atoms with E-state index >= 15 is 0 Å². The molecule has 0 radical (unpaired) electrons. The average molecular weight is 257 g/mol. The second kappa shape index (κ2) is 4.42. The van der Waals surface area contributed by atoms with Crippen molar-refractivity contribution < 1.29 is 9.32 Å². The van der Waals surface area contributed by atoms with E-state index in [0.717, 1.165) is 29.8 Å². The highest BCUT2D eigenvalue weighted by atomic mass is 16.5. The Morgan fingerprint density at radius 1 is 1.47 bits per heavy atom. The van der Waals surface area contributed by atoms with Crippen LogP contribution in [0.25, 0.3) is 0 Å².